The number of nitro groups is 1. The van der Waals surface area contributed by atoms with Gasteiger partial charge in [0.1, 0.15) is 23.6 Å². The number of nitrogens with zero attached hydrogens (tertiary/aromatic N) is 4. The summed E-state index contributed by atoms with van der Waals surface area (Å²) in [5, 5.41) is 21.4. The Hall–Kier alpha value is -3.34. The molecule has 0 bridgehead atoms. The van der Waals surface area contributed by atoms with Gasteiger partial charge in [0.15, 0.2) is 5.16 Å². The molecule has 11 heteroatoms. The second kappa shape index (κ2) is 7.50. The summed E-state index contributed by atoms with van der Waals surface area (Å²) in [6.07, 6.45) is 1.44. The fraction of sp³-hybridized carbons (Fsp3) is 0.0625. The molecule has 0 unspecified atom stereocenters. The molecule has 0 aliphatic heterocycles. The molecule has 0 atom stereocenters. The van der Waals surface area contributed by atoms with Gasteiger partial charge in [0.25, 0.3) is 11.6 Å². The van der Waals surface area contributed by atoms with Crippen molar-refractivity contribution in [2.24, 2.45) is 7.05 Å². The number of halogens is 2. The molecule has 1 N–H and O–H groups in total. The Kier molecular flexibility index (Phi) is 5.12. The van der Waals surface area contributed by atoms with E-state index < -0.39 is 28.2 Å². The molecule has 0 saturated heterocycles. The van der Waals surface area contributed by atoms with Gasteiger partial charge in [0.05, 0.1) is 9.82 Å². The van der Waals surface area contributed by atoms with Crippen LogP contribution in [0.2, 0.25) is 0 Å². The van der Waals surface area contributed by atoms with E-state index in [-0.39, 0.29) is 16.1 Å². The number of rotatable bonds is 5. The average Bonchev–Trinajstić information content (AvgIpc) is 3.03. The van der Waals surface area contributed by atoms with E-state index in [2.05, 4.69) is 15.5 Å². The van der Waals surface area contributed by atoms with E-state index >= 15 is 0 Å². The zero-order valence-corrected chi connectivity index (χ0v) is 14.5. The van der Waals surface area contributed by atoms with Crippen molar-refractivity contribution in [2.45, 2.75) is 10.1 Å². The van der Waals surface area contributed by atoms with Crippen molar-refractivity contribution in [3.63, 3.8) is 0 Å². The first-order valence-corrected chi connectivity index (χ1v) is 8.24. The Balaban J connectivity index is 1.90. The zero-order valence-electron chi connectivity index (χ0n) is 13.7. The van der Waals surface area contributed by atoms with E-state index in [1.54, 1.807) is 11.6 Å². The maximum atomic E-state index is 13.7. The van der Waals surface area contributed by atoms with Gasteiger partial charge in [-0.3, -0.25) is 14.9 Å². The van der Waals surface area contributed by atoms with Crippen LogP contribution in [0.1, 0.15) is 10.4 Å². The largest absolute Gasteiger partial charge is 0.317 e. The summed E-state index contributed by atoms with van der Waals surface area (Å²) in [7, 11) is 1.68. The van der Waals surface area contributed by atoms with Crippen LogP contribution >= 0.6 is 11.8 Å². The van der Waals surface area contributed by atoms with Gasteiger partial charge in [-0.15, -0.1) is 10.2 Å². The number of amides is 1. The molecule has 0 spiro atoms. The van der Waals surface area contributed by atoms with E-state index in [1.807, 2.05) is 0 Å². The Morgan fingerprint density at radius 3 is 2.56 bits per heavy atom. The van der Waals surface area contributed by atoms with Gasteiger partial charge in [0.2, 0.25) is 0 Å². The smallest absolute Gasteiger partial charge is 0.284 e. The number of carbonyl (C=O) groups excluding carboxylic acids is 1. The molecule has 0 aliphatic carbocycles. The molecule has 0 radical (unpaired) electrons. The molecular formula is C16H11F2N5O3S. The molecule has 3 rings (SSSR count). The summed E-state index contributed by atoms with van der Waals surface area (Å²) in [4.78, 5) is 23.2. The quantitative estimate of drug-likeness (QED) is 0.528. The van der Waals surface area contributed by atoms with E-state index in [0.29, 0.717) is 5.16 Å². The molecule has 1 aromatic heterocycles. The first-order chi connectivity index (χ1) is 12.9. The lowest BCUT2D eigenvalue weighted by Crippen LogP contribution is -2.14. The van der Waals surface area contributed by atoms with Gasteiger partial charge >= 0.3 is 0 Å². The minimum atomic E-state index is -0.952. The van der Waals surface area contributed by atoms with Crippen LogP contribution in [-0.2, 0) is 7.05 Å². The number of anilines is 1. The van der Waals surface area contributed by atoms with Gasteiger partial charge in [-0.05, 0) is 36.0 Å². The van der Waals surface area contributed by atoms with Gasteiger partial charge in [0, 0.05) is 18.7 Å². The van der Waals surface area contributed by atoms with Gasteiger partial charge in [-0.1, -0.05) is 6.07 Å². The van der Waals surface area contributed by atoms with Gasteiger partial charge in [-0.2, -0.15) is 0 Å². The molecule has 138 valence electrons. The monoisotopic (exact) mass is 391 g/mol. The summed E-state index contributed by atoms with van der Waals surface area (Å²) in [6, 6.07) is 6.85. The number of aryl methyl sites for hydroxylation is 1. The highest BCUT2D eigenvalue weighted by Gasteiger charge is 2.21. The lowest BCUT2D eigenvalue weighted by Gasteiger charge is -2.08. The lowest BCUT2D eigenvalue weighted by molar-refractivity contribution is -0.387. The molecule has 2 aromatic carbocycles. The molecule has 0 fully saturated rings. The maximum absolute atomic E-state index is 13.7. The third kappa shape index (κ3) is 3.92. The number of nitro benzene ring substituents is 1. The van der Waals surface area contributed by atoms with Crippen LogP contribution in [0.3, 0.4) is 0 Å². The van der Waals surface area contributed by atoms with Gasteiger partial charge in [-0.25, -0.2) is 8.78 Å². The van der Waals surface area contributed by atoms with E-state index in [9.17, 15) is 23.7 Å². The van der Waals surface area contributed by atoms with Crippen LogP contribution in [0.15, 0.2) is 52.8 Å². The van der Waals surface area contributed by atoms with Crippen molar-refractivity contribution in [2.75, 3.05) is 5.32 Å². The summed E-state index contributed by atoms with van der Waals surface area (Å²) in [5.74, 6) is -2.78. The van der Waals surface area contributed by atoms with E-state index in [1.165, 1.54) is 18.5 Å². The molecule has 3 aromatic rings. The van der Waals surface area contributed by atoms with Crippen LogP contribution in [0.5, 0.6) is 0 Å². The SMILES string of the molecule is Cn1cnnc1Sc1ccc(C(=O)Nc2c(F)cccc2F)cc1[N+](=O)[O-]. The number of benzene rings is 2. The second-order valence-corrected chi connectivity index (χ2v) is 6.33. The predicted molar refractivity (Wildman–Crippen MR) is 92.5 cm³/mol. The summed E-state index contributed by atoms with van der Waals surface area (Å²) < 4.78 is 28.9. The number of hydrogen-bond donors (Lipinski definition) is 1. The van der Waals surface area contributed by atoms with Crippen molar-refractivity contribution >= 4 is 29.0 Å². The minimum Gasteiger partial charge on any atom is -0.317 e. The topological polar surface area (TPSA) is 103 Å². The van der Waals surface area contributed by atoms with Crippen molar-refractivity contribution in [3.05, 3.63) is 70.0 Å². The minimum absolute atomic E-state index is 0.119. The predicted octanol–water partition coefficient (Wildman–Crippen LogP) is 3.41. The summed E-state index contributed by atoms with van der Waals surface area (Å²) in [5.41, 5.74) is -1.08. The summed E-state index contributed by atoms with van der Waals surface area (Å²) >= 11 is 1.00. The molecule has 1 heterocycles. The Labute approximate surface area is 155 Å². The Morgan fingerprint density at radius 1 is 1.26 bits per heavy atom. The third-order valence-corrected chi connectivity index (χ3v) is 4.61. The molecule has 0 aliphatic rings. The second-order valence-electron chi connectivity index (χ2n) is 5.32. The van der Waals surface area contributed by atoms with Crippen LogP contribution in [-0.4, -0.2) is 25.6 Å². The highest BCUT2D eigenvalue weighted by Crippen LogP contribution is 2.34. The molecular weight excluding hydrogens is 380 g/mol. The number of carbonyl (C=O) groups is 1. The highest BCUT2D eigenvalue weighted by molar-refractivity contribution is 7.99. The standard InChI is InChI=1S/C16H11F2N5O3S/c1-22-8-19-21-16(22)27-13-6-5-9(7-12(13)23(25)26)15(24)20-14-10(17)3-2-4-11(14)18/h2-8H,1H3,(H,20,24). The maximum Gasteiger partial charge on any atom is 0.284 e. The molecule has 8 nitrogen and oxygen atoms in total. The zero-order chi connectivity index (χ0) is 19.6. The highest BCUT2D eigenvalue weighted by atomic mass is 32.2. The molecule has 1 amide bonds. The van der Waals surface area contributed by atoms with Crippen molar-refractivity contribution in [3.8, 4) is 0 Å². The van der Waals surface area contributed by atoms with Crippen molar-refractivity contribution in [1.82, 2.24) is 14.8 Å². The number of aromatic nitrogens is 3. The Bertz CT molecular complexity index is 1020. The summed E-state index contributed by atoms with van der Waals surface area (Å²) in [6.45, 7) is 0. The number of para-hydroxylation sites is 1. The van der Waals surface area contributed by atoms with E-state index in [0.717, 1.165) is 36.0 Å². The first-order valence-electron chi connectivity index (χ1n) is 7.42. The fourth-order valence-electron chi connectivity index (χ4n) is 2.15. The average molecular weight is 391 g/mol. The number of hydrogen-bond acceptors (Lipinski definition) is 6. The first kappa shape index (κ1) is 18.5. The lowest BCUT2D eigenvalue weighted by atomic mass is 10.2. The normalized spacial score (nSPS) is 10.6. The third-order valence-electron chi connectivity index (χ3n) is 3.49. The van der Waals surface area contributed by atoms with Gasteiger partial charge < -0.3 is 9.88 Å². The Morgan fingerprint density at radius 2 is 1.96 bits per heavy atom. The van der Waals surface area contributed by atoms with Crippen molar-refractivity contribution in [1.29, 1.82) is 0 Å². The van der Waals surface area contributed by atoms with Crippen LogP contribution < -0.4 is 5.32 Å². The van der Waals surface area contributed by atoms with Crippen LogP contribution in [0, 0.1) is 21.7 Å². The van der Waals surface area contributed by atoms with Crippen LogP contribution in [0.25, 0.3) is 0 Å². The molecule has 0 saturated carbocycles. The molecule has 27 heavy (non-hydrogen) atoms. The van der Waals surface area contributed by atoms with Crippen molar-refractivity contribution < 1.29 is 18.5 Å². The van der Waals surface area contributed by atoms with Crippen LogP contribution in [0.4, 0.5) is 20.2 Å². The van der Waals surface area contributed by atoms with E-state index in [4.69, 9.17) is 0 Å². The number of nitrogens with one attached hydrogen (secondary N) is 1. The fourth-order valence-corrected chi connectivity index (χ4v) is 3.00.